The Morgan fingerprint density at radius 2 is 2.00 bits per heavy atom. The summed E-state index contributed by atoms with van der Waals surface area (Å²) in [5.41, 5.74) is 0. The molecule has 11 heavy (non-hydrogen) atoms. The Labute approximate surface area is 68.6 Å². The molecule has 0 aromatic heterocycles. The third kappa shape index (κ3) is 4.82. The topological polar surface area (TPSA) is 37.3 Å². The summed E-state index contributed by atoms with van der Waals surface area (Å²) in [4.78, 5) is 10.6. The van der Waals surface area contributed by atoms with Crippen LogP contribution in [0.5, 0.6) is 0 Å². The van der Waals surface area contributed by atoms with Crippen molar-refractivity contribution in [3.63, 3.8) is 0 Å². The predicted molar refractivity (Wildman–Crippen MR) is 45.5 cm³/mol. The minimum Gasteiger partial charge on any atom is -0.481 e. The molecule has 2 heteroatoms. The van der Waals surface area contributed by atoms with Crippen molar-refractivity contribution in [1.29, 1.82) is 0 Å². The molecule has 1 N–H and O–H groups in total. The Hall–Kier alpha value is -0.530. The quantitative estimate of drug-likeness (QED) is 0.667. The molecule has 0 aliphatic carbocycles. The summed E-state index contributed by atoms with van der Waals surface area (Å²) in [5, 5.41) is 8.75. The maximum absolute atomic E-state index is 10.6. The average Bonchev–Trinajstić information content (AvgIpc) is 1.86. The first-order chi connectivity index (χ1) is 5.07. The van der Waals surface area contributed by atoms with Crippen LogP contribution in [0.25, 0.3) is 0 Å². The van der Waals surface area contributed by atoms with Gasteiger partial charge in [0.1, 0.15) is 0 Å². The monoisotopic (exact) mass is 158 g/mol. The van der Waals surface area contributed by atoms with Crippen molar-refractivity contribution in [2.45, 2.75) is 40.0 Å². The summed E-state index contributed by atoms with van der Waals surface area (Å²) in [6.07, 6.45) is 2.58. The summed E-state index contributed by atoms with van der Waals surface area (Å²) in [6.45, 7) is 6.15. The minimum atomic E-state index is -0.638. The van der Waals surface area contributed by atoms with Gasteiger partial charge in [0.15, 0.2) is 0 Å². The first kappa shape index (κ1) is 10.5. The van der Waals surface area contributed by atoms with E-state index in [2.05, 4.69) is 13.8 Å². The molecule has 0 aliphatic rings. The van der Waals surface area contributed by atoms with Gasteiger partial charge in [-0.1, -0.05) is 27.2 Å². The SMILES string of the molecule is CCCC(CC(C)C)C(=O)O. The largest absolute Gasteiger partial charge is 0.481 e. The number of rotatable bonds is 5. The van der Waals surface area contributed by atoms with Crippen LogP contribution in [0, 0.1) is 11.8 Å². The highest BCUT2D eigenvalue weighted by Crippen LogP contribution is 2.16. The number of carbonyl (C=O) groups is 1. The van der Waals surface area contributed by atoms with E-state index < -0.39 is 5.97 Å². The normalized spacial score (nSPS) is 13.5. The fraction of sp³-hybridized carbons (Fsp3) is 0.889. The molecule has 0 spiro atoms. The van der Waals surface area contributed by atoms with Gasteiger partial charge in [-0.3, -0.25) is 4.79 Å². The van der Waals surface area contributed by atoms with Crippen LogP contribution in [0.2, 0.25) is 0 Å². The van der Waals surface area contributed by atoms with Crippen LogP contribution in [0.1, 0.15) is 40.0 Å². The number of hydrogen-bond donors (Lipinski definition) is 1. The summed E-state index contributed by atoms with van der Waals surface area (Å²) in [5.74, 6) is -0.275. The lowest BCUT2D eigenvalue weighted by Gasteiger charge is -2.12. The van der Waals surface area contributed by atoms with Gasteiger partial charge in [-0.2, -0.15) is 0 Å². The number of carboxylic acid groups (broad SMARTS) is 1. The van der Waals surface area contributed by atoms with Crippen LogP contribution in [0.15, 0.2) is 0 Å². The first-order valence-electron chi connectivity index (χ1n) is 4.30. The van der Waals surface area contributed by atoms with Crippen molar-refractivity contribution in [2.75, 3.05) is 0 Å². The smallest absolute Gasteiger partial charge is 0.306 e. The third-order valence-electron chi connectivity index (χ3n) is 1.74. The lowest BCUT2D eigenvalue weighted by molar-refractivity contribution is -0.142. The van der Waals surface area contributed by atoms with Gasteiger partial charge in [0.2, 0.25) is 0 Å². The maximum Gasteiger partial charge on any atom is 0.306 e. The van der Waals surface area contributed by atoms with Crippen molar-refractivity contribution < 1.29 is 9.90 Å². The molecule has 2 nitrogen and oxygen atoms in total. The van der Waals surface area contributed by atoms with Gasteiger partial charge in [0.05, 0.1) is 5.92 Å². The fourth-order valence-corrected chi connectivity index (χ4v) is 1.26. The van der Waals surface area contributed by atoms with E-state index in [1.165, 1.54) is 0 Å². The molecule has 0 fully saturated rings. The van der Waals surface area contributed by atoms with Crippen molar-refractivity contribution in [2.24, 2.45) is 11.8 Å². The highest BCUT2D eigenvalue weighted by molar-refractivity contribution is 5.69. The van der Waals surface area contributed by atoms with Gasteiger partial charge < -0.3 is 5.11 Å². The molecule has 66 valence electrons. The van der Waals surface area contributed by atoms with Crippen LogP contribution in [0.3, 0.4) is 0 Å². The number of carboxylic acids is 1. The molecule has 1 unspecified atom stereocenters. The molecule has 0 radical (unpaired) electrons. The Morgan fingerprint density at radius 3 is 2.27 bits per heavy atom. The summed E-state index contributed by atoms with van der Waals surface area (Å²) >= 11 is 0. The van der Waals surface area contributed by atoms with E-state index in [-0.39, 0.29) is 5.92 Å². The first-order valence-corrected chi connectivity index (χ1v) is 4.30. The van der Waals surface area contributed by atoms with Crippen LogP contribution < -0.4 is 0 Å². The molecule has 0 rings (SSSR count). The summed E-state index contributed by atoms with van der Waals surface area (Å²) in [6, 6.07) is 0. The molecule has 0 heterocycles. The van der Waals surface area contributed by atoms with E-state index in [1.54, 1.807) is 0 Å². The van der Waals surface area contributed by atoms with Crippen LogP contribution in [0.4, 0.5) is 0 Å². The molecule has 0 saturated heterocycles. The molecule has 0 aromatic carbocycles. The van der Waals surface area contributed by atoms with E-state index in [0.717, 1.165) is 19.3 Å². The van der Waals surface area contributed by atoms with Crippen molar-refractivity contribution in [1.82, 2.24) is 0 Å². The Kier molecular flexibility index (Phi) is 4.92. The second kappa shape index (κ2) is 5.16. The van der Waals surface area contributed by atoms with Crippen molar-refractivity contribution >= 4 is 5.97 Å². The zero-order valence-corrected chi connectivity index (χ0v) is 7.63. The Morgan fingerprint density at radius 1 is 1.45 bits per heavy atom. The molecule has 0 bridgehead atoms. The van der Waals surface area contributed by atoms with Crippen LogP contribution in [-0.2, 0) is 4.79 Å². The van der Waals surface area contributed by atoms with Crippen LogP contribution >= 0.6 is 0 Å². The lowest BCUT2D eigenvalue weighted by atomic mass is 9.93. The predicted octanol–water partition coefficient (Wildman–Crippen LogP) is 2.53. The molecule has 0 amide bonds. The third-order valence-corrected chi connectivity index (χ3v) is 1.74. The van der Waals surface area contributed by atoms with Gasteiger partial charge in [-0.15, -0.1) is 0 Å². The standard InChI is InChI=1S/C9H18O2/c1-4-5-8(9(10)11)6-7(2)3/h7-8H,4-6H2,1-3H3,(H,10,11). The molecule has 0 saturated carbocycles. The average molecular weight is 158 g/mol. The lowest BCUT2D eigenvalue weighted by Crippen LogP contribution is -2.15. The fourth-order valence-electron chi connectivity index (χ4n) is 1.26. The van der Waals surface area contributed by atoms with Crippen molar-refractivity contribution in [3.8, 4) is 0 Å². The van der Waals surface area contributed by atoms with E-state index in [1.807, 2.05) is 6.92 Å². The summed E-state index contributed by atoms with van der Waals surface area (Å²) in [7, 11) is 0. The van der Waals surface area contributed by atoms with Gasteiger partial charge in [-0.25, -0.2) is 0 Å². The second-order valence-corrected chi connectivity index (χ2v) is 3.45. The number of hydrogen-bond acceptors (Lipinski definition) is 1. The summed E-state index contributed by atoms with van der Waals surface area (Å²) < 4.78 is 0. The second-order valence-electron chi connectivity index (χ2n) is 3.45. The van der Waals surface area contributed by atoms with Gasteiger partial charge >= 0.3 is 5.97 Å². The van der Waals surface area contributed by atoms with E-state index in [0.29, 0.717) is 5.92 Å². The molecule has 0 aromatic rings. The van der Waals surface area contributed by atoms with Gasteiger partial charge in [-0.05, 0) is 18.8 Å². The molecular formula is C9H18O2. The van der Waals surface area contributed by atoms with Gasteiger partial charge in [0, 0.05) is 0 Å². The Bertz CT molecular complexity index is 119. The molecule has 1 atom stereocenters. The molecule has 0 aliphatic heterocycles. The number of aliphatic carboxylic acids is 1. The van der Waals surface area contributed by atoms with E-state index in [9.17, 15) is 4.79 Å². The van der Waals surface area contributed by atoms with E-state index >= 15 is 0 Å². The zero-order valence-electron chi connectivity index (χ0n) is 7.63. The van der Waals surface area contributed by atoms with Crippen molar-refractivity contribution in [3.05, 3.63) is 0 Å². The highest BCUT2D eigenvalue weighted by Gasteiger charge is 2.16. The maximum atomic E-state index is 10.6. The van der Waals surface area contributed by atoms with Crippen LogP contribution in [-0.4, -0.2) is 11.1 Å². The van der Waals surface area contributed by atoms with E-state index in [4.69, 9.17) is 5.11 Å². The molecular weight excluding hydrogens is 140 g/mol. The van der Waals surface area contributed by atoms with Gasteiger partial charge in [0.25, 0.3) is 0 Å². The Balaban J connectivity index is 3.79. The minimum absolute atomic E-state index is 0.125. The zero-order chi connectivity index (χ0) is 8.85. The highest BCUT2D eigenvalue weighted by atomic mass is 16.4.